The van der Waals surface area contributed by atoms with Gasteiger partial charge in [-0.1, -0.05) is 41.0 Å². The van der Waals surface area contributed by atoms with Crippen molar-refractivity contribution in [1.82, 2.24) is 14.8 Å². The minimum absolute atomic E-state index is 0.00595. The summed E-state index contributed by atoms with van der Waals surface area (Å²) in [5.74, 6) is 0.890. The normalized spacial score (nSPS) is 10.7. The predicted molar refractivity (Wildman–Crippen MR) is 133 cm³/mol. The van der Waals surface area contributed by atoms with Gasteiger partial charge < -0.3 is 10.1 Å². The summed E-state index contributed by atoms with van der Waals surface area (Å²) in [6.45, 7) is 8.18. The second-order valence-electron chi connectivity index (χ2n) is 7.22. The monoisotopic (exact) mass is 521 g/mol. The lowest BCUT2D eigenvalue weighted by Gasteiger charge is -2.11. The number of carbonyl (C=O) groups excluding carboxylic acids is 1. The van der Waals surface area contributed by atoms with Gasteiger partial charge in [-0.05, 0) is 49.2 Å². The van der Waals surface area contributed by atoms with Gasteiger partial charge in [0.2, 0.25) is 5.91 Å². The Kier molecular flexibility index (Phi) is 8.54. The molecule has 1 N–H and O–H groups in total. The average molecular weight is 522 g/mol. The van der Waals surface area contributed by atoms with Gasteiger partial charge in [0.05, 0.1) is 10.7 Å². The summed E-state index contributed by atoms with van der Waals surface area (Å²) in [4.78, 5) is 22.8. The summed E-state index contributed by atoms with van der Waals surface area (Å²) in [6, 6.07) is 7.77. The van der Waals surface area contributed by atoms with Gasteiger partial charge in [0, 0.05) is 23.3 Å². The molecule has 1 aromatic heterocycles. The molecule has 1 heterocycles. The second kappa shape index (κ2) is 11.4. The molecule has 3 rings (SSSR count). The number of nitro benzene ring substituents is 1. The van der Waals surface area contributed by atoms with Crippen molar-refractivity contribution in [3.63, 3.8) is 0 Å². The quantitative estimate of drug-likeness (QED) is 0.160. The molecule has 0 radical (unpaired) electrons. The van der Waals surface area contributed by atoms with E-state index < -0.39 is 4.92 Å². The van der Waals surface area contributed by atoms with Gasteiger partial charge in [0.1, 0.15) is 17.4 Å². The van der Waals surface area contributed by atoms with Crippen molar-refractivity contribution in [2.24, 2.45) is 0 Å². The van der Waals surface area contributed by atoms with Crippen LogP contribution in [-0.2, 0) is 17.9 Å². The number of ether oxygens (including phenoxy) is 1. The molecular formula is C22H21Cl2N5O4S. The van der Waals surface area contributed by atoms with E-state index in [1.165, 1.54) is 30.0 Å². The van der Waals surface area contributed by atoms with E-state index in [-0.39, 0.29) is 34.7 Å². The van der Waals surface area contributed by atoms with Gasteiger partial charge in [-0.3, -0.25) is 19.5 Å². The number of halogens is 2. The number of thioether (sulfide) groups is 1. The van der Waals surface area contributed by atoms with E-state index in [4.69, 9.17) is 27.9 Å². The Balaban J connectivity index is 1.65. The topological polar surface area (TPSA) is 112 Å². The maximum absolute atomic E-state index is 12.4. The van der Waals surface area contributed by atoms with Crippen LogP contribution in [0.15, 0.2) is 48.1 Å². The van der Waals surface area contributed by atoms with Crippen LogP contribution < -0.4 is 10.1 Å². The fourth-order valence-corrected chi connectivity index (χ4v) is 4.10. The van der Waals surface area contributed by atoms with E-state index in [1.807, 2.05) is 26.0 Å². The lowest BCUT2D eigenvalue weighted by molar-refractivity contribution is -0.384. The molecule has 0 saturated carbocycles. The van der Waals surface area contributed by atoms with Crippen LogP contribution in [0.3, 0.4) is 0 Å². The van der Waals surface area contributed by atoms with Gasteiger partial charge in [-0.15, -0.1) is 16.8 Å². The Morgan fingerprint density at radius 1 is 1.26 bits per heavy atom. The third-order valence-corrected chi connectivity index (χ3v) is 6.52. The van der Waals surface area contributed by atoms with Crippen molar-refractivity contribution in [2.75, 3.05) is 11.1 Å². The summed E-state index contributed by atoms with van der Waals surface area (Å²) in [7, 11) is 0. The number of benzene rings is 2. The zero-order valence-corrected chi connectivity index (χ0v) is 20.7. The van der Waals surface area contributed by atoms with Gasteiger partial charge in [0.25, 0.3) is 5.69 Å². The van der Waals surface area contributed by atoms with E-state index in [0.717, 1.165) is 11.1 Å². The Morgan fingerprint density at radius 3 is 2.62 bits per heavy atom. The third kappa shape index (κ3) is 6.28. The van der Waals surface area contributed by atoms with Crippen LogP contribution in [0.5, 0.6) is 5.75 Å². The summed E-state index contributed by atoms with van der Waals surface area (Å²) < 4.78 is 7.68. The third-order valence-electron chi connectivity index (χ3n) is 4.64. The summed E-state index contributed by atoms with van der Waals surface area (Å²) in [5, 5.41) is 23.2. The maximum atomic E-state index is 12.4. The highest BCUT2D eigenvalue weighted by molar-refractivity contribution is 7.99. The molecule has 34 heavy (non-hydrogen) atoms. The Morgan fingerprint density at radius 2 is 1.97 bits per heavy atom. The number of nitrogens with zero attached hydrogens (tertiary/aromatic N) is 4. The highest BCUT2D eigenvalue weighted by atomic mass is 35.5. The number of rotatable bonds is 10. The number of allylic oxidation sites excluding steroid dienone is 1. The SMILES string of the molecule is C=CCn1c(COc2cc(C)c(Cl)c(C)c2)nnc1SCC(=O)Nc1ccc(Cl)c([N+](=O)[O-])c1. The summed E-state index contributed by atoms with van der Waals surface area (Å²) in [5.41, 5.74) is 1.82. The molecule has 178 valence electrons. The fraction of sp³-hybridized carbons (Fsp3) is 0.227. The lowest BCUT2D eigenvalue weighted by atomic mass is 10.1. The number of anilines is 1. The highest BCUT2D eigenvalue weighted by Crippen LogP contribution is 2.28. The number of hydrogen-bond donors (Lipinski definition) is 1. The van der Waals surface area contributed by atoms with E-state index in [9.17, 15) is 14.9 Å². The van der Waals surface area contributed by atoms with Crippen LogP contribution in [0.25, 0.3) is 0 Å². The molecule has 0 atom stereocenters. The van der Waals surface area contributed by atoms with Gasteiger partial charge >= 0.3 is 0 Å². The van der Waals surface area contributed by atoms with E-state index >= 15 is 0 Å². The number of hydrogen-bond acceptors (Lipinski definition) is 7. The number of aryl methyl sites for hydroxylation is 2. The van der Waals surface area contributed by atoms with Gasteiger partial charge in [-0.2, -0.15) is 0 Å². The molecule has 0 spiro atoms. The van der Waals surface area contributed by atoms with Crippen molar-refractivity contribution in [3.05, 3.63) is 80.1 Å². The summed E-state index contributed by atoms with van der Waals surface area (Å²) in [6.07, 6.45) is 1.69. The molecule has 0 aliphatic heterocycles. The number of amides is 1. The van der Waals surface area contributed by atoms with Crippen LogP contribution in [0.2, 0.25) is 10.0 Å². The Bertz CT molecular complexity index is 1230. The molecular weight excluding hydrogens is 501 g/mol. The molecule has 0 saturated heterocycles. The number of nitrogens with one attached hydrogen (secondary N) is 1. The van der Waals surface area contributed by atoms with E-state index in [0.29, 0.717) is 28.3 Å². The Labute approximate surface area is 210 Å². The van der Waals surface area contributed by atoms with Crippen molar-refractivity contribution < 1.29 is 14.5 Å². The van der Waals surface area contributed by atoms with E-state index in [2.05, 4.69) is 22.1 Å². The van der Waals surface area contributed by atoms with Crippen LogP contribution in [0, 0.1) is 24.0 Å². The molecule has 2 aromatic carbocycles. The maximum Gasteiger partial charge on any atom is 0.289 e. The molecule has 0 bridgehead atoms. The average Bonchev–Trinajstić information content (AvgIpc) is 3.17. The smallest absolute Gasteiger partial charge is 0.289 e. The molecule has 9 nitrogen and oxygen atoms in total. The molecule has 1 amide bonds. The number of aromatic nitrogens is 3. The molecule has 0 aliphatic carbocycles. The second-order valence-corrected chi connectivity index (χ2v) is 8.95. The minimum atomic E-state index is -0.610. The predicted octanol–water partition coefficient (Wildman–Crippen LogP) is 5.61. The van der Waals surface area contributed by atoms with Crippen LogP contribution in [-0.4, -0.2) is 31.3 Å². The first-order valence-electron chi connectivity index (χ1n) is 9.98. The van der Waals surface area contributed by atoms with Crippen LogP contribution in [0.1, 0.15) is 17.0 Å². The van der Waals surface area contributed by atoms with Crippen molar-refractivity contribution in [3.8, 4) is 5.75 Å². The zero-order valence-electron chi connectivity index (χ0n) is 18.4. The molecule has 12 heteroatoms. The van der Waals surface area contributed by atoms with Crippen molar-refractivity contribution in [1.29, 1.82) is 0 Å². The molecule has 0 fully saturated rings. The lowest BCUT2D eigenvalue weighted by Crippen LogP contribution is -2.15. The van der Waals surface area contributed by atoms with Crippen molar-refractivity contribution in [2.45, 2.75) is 32.2 Å². The summed E-state index contributed by atoms with van der Waals surface area (Å²) >= 11 is 13.2. The van der Waals surface area contributed by atoms with Crippen LogP contribution >= 0.6 is 35.0 Å². The Hall–Kier alpha value is -3.08. The molecule has 0 unspecified atom stereocenters. The largest absolute Gasteiger partial charge is 0.486 e. The first-order chi connectivity index (χ1) is 16.2. The van der Waals surface area contributed by atoms with Gasteiger partial charge in [0.15, 0.2) is 11.0 Å². The molecule has 0 aliphatic rings. The van der Waals surface area contributed by atoms with Crippen LogP contribution in [0.4, 0.5) is 11.4 Å². The highest BCUT2D eigenvalue weighted by Gasteiger charge is 2.17. The van der Waals surface area contributed by atoms with E-state index in [1.54, 1.807) is 10.6 Å². The standard InChI is InChI=1S/C22H21Cl2N5O4S/c1-4-7-28-19(11-33-16-8-13(2)21(24)14(3)9-16)26-27-22(28)34-12-20(30)25-15-5-6-17(23)18(10-15)29(31)32/h4-6,8-10H,1,7,11-12H2,2-3H3,(H,25,30). The molecule has 3 aromatic rings. The fourth-order valence-electron chi connectivity index (χ4n) is 3.04. The van der Waals surface area contributed by atoms with Crippen molar-refractivity contribution >= 4 is 52.2 Å². The first kappa shape index (κ1) is 25.5. The number of nitro groups is 1. The van der Waals surface area contributed by atoms with Gasteiger partial charge in [-0.25, -0.2) is 0 Å². The minimum Gasteiger partial charge on any atom is -0.486 e. The first-order valence-corrected chi connectivity index (χ1v) is 11.7. The number of carbonyl (C=O) groups is 1. The zero-order chi connectivity index (χ0) is 24.8.